The third-order valence-corrected chi connectivity index (χ3v) is 16.4. The SMILES string of the molecule is [B]B([B])B(B([B])[B])B(B(B([B])[B])B([B])[B])B(B(B(B([B])[B])B([B])[B])B(B([B])[B])B([B])[B])B(B(B(B([B])[B])B([B])[B])B(B([B])[B])B([B])[B])B(B(B(B([B])[B])B([B])[B])B(B([B])[B])B([B])[B])B(B(B([B])[B])B([B])[B])B(B([B-])[B-])B([B-])[B-]. The first-order valence-corrected chi connectivity index (χ1v) is 25.7. The summed E-state index contributed by atoms with van der Waals surface area (Å²) in [6.07, 6.45) is -63.1. The first-order chi connectivity index (χ1) is 35.4. The maximum absolute atomic E-state index is 6.88. The molecule has 0 fully saturated rings. The summed E-state index contributed by atoms with van der Waals surface area (Å²) in [5.41, 5.74) is 0. The summed E-state index contributed by atoms with van der Waals surface area (Å²) >= 11 is 0. The molecule has 0 saturated carbocycles. The van der Waals surface area contributed by atoms with Gasteiger partial charge in [0.25, 0.3) is 0 Å². The molecule has 0 spiro atoms. The summed E-state index contributed by atoms with van der Waals surface area (Å²) in [6, 6.07) is 0. The molecule has 0 saturated heterocycles. The van der Waals surface area contributed by atoms with Gasteiger partial charge in [0.1, 0.15) is 0 Å². The lowest BCUT2D eigenvalue weighted by atomic mass is 8.20. The van der Waals surface area contributed by atoms with E-state index >= 15 is 0 Å². The minimum Gasteiger partial charge on any atom is -0.729 e. The van der Waals surface area contributed by atoms with Crippen LogP contribution in [0.1, 0.15) is 0 Å². The zero-order valence-corrected chi connectivity index (χ0v) is 45.0. The Hall–Kier alpha value is 5.06. The highest BCUT2D eigenvalue weighted by molar-refractivity contribution is 8.41. The maximum atomic E-state index is 6.88. The normalized spacial score (nSPS) is 9.85. The Balaban J connectivity index is 12.5. The van der Waals surface area contributed by atoms with Crippen molar-refractivity contribution in [2.75, 3.05) is 0 Å². The van der Waals surface area contributed by atoms with Crippen LogP contribution in [0.3, 0.4) is 0 Å². The second kappa shape index (κ2) is 38.0. The highest BCUT2D eigenvalue weighted by Gasteiger charge is 2.65. The Bertz CT molecular complexity index is 1160. The van der Waals surface area contributed by atoms with Crippen LogP contribution in [0.2, 0.25) is 0 Å². The van der Waals surface area contributed by atoms with Gasteiger partial charge in [0, 0.05) is 0 Å². The van der Waals surface area contributed by atoms with Gasteiger partial charge in [0.15, 0.2) is 0 Å². The largest absolute Gasteiger partial charge is 0.729 e. The molecular formula is B78-4. The molecule has 238 valence electrons. The van der Waals surface area contributed by atoms with E-state index < -0.39 is 243 Å². The first kappa shape index (κ1) is 83.1. The Labute approximate surface area is 546 Å². The van der Waals surface area contributed by atoms with E-state index in [4.69, 9.17) is 309 Å². The van der Waals surface area contributed by atoms with Crippen molar-refractivity contribution in [1.29, 1.82) is 0 Å². The Morgan fingerprint density at radius 2 is 0.167 bits per heavy atom. The van der Waals surface area contributed by atoms with Gasteiger partial charge >= 0.3 is 0 Å². The zero-order valence-electron chi connectivity index (χ0n) is 45.0. The van der Waals surface area contributed by atoms with Crippen LogP contribution in [0.25, 0.3) is 0 Å². The predicted molar refractivity (Wildman–Crippen MR) is 449 cm³/mol. The van der Waals surface area contributed by atoms with Crippen LogP contribution >= 0.6 is 0 Å². The van der Waals surface area contributed by atoms with Gasteiger partial charge in [-0.15, -0.1) is 6.39 Å². The van der Waals surface area contributed by atoms with Crippen molar-refractivity contribution in [3.63, 3.8) is 0 Å². The van der Waals surface area contributed by atoms with Gasteiger partial charge in [0.05, 0.1) is 0 Å². The van der Waals surface area contributed by atoms with E-state index in [-0.39, 0.29) is 0 Å². The van der Waals surface area contributed by atoms with Crippen molar-refractivity contribution < 1.29 is 0 Å². The third kappa shape index (κ3) is 22.2. The predicted octanol–water partition coefficient (Wildman–Crippen LogP) is -29.7. The van der Waals surface area contributed by atoms with Gasteiger partial charge in [-0.1, -0.05) is 0 Å². The van der Waals surface area contributed by atoms with E-state index in [1.54, 1.807) is 0 Å². The average Bonchev–Trinajstić information content (AvgIpc) is 3.20. The summed E-state index contributed by atoms with van der Waals surface area (Å²) in [5.74, 6) is 0. The highest BCUT2D eigenvalue weighted by Crippen LogP contribution is 2.27. The van der Waals surface area contributed by atoms with Crippen LogP contribution < -0.4 is 0 Å². The van der Waals surface area contributed by atoms with Crippen LogP contribution in [-0.4, -0.2) is 552 Å². The van der Waals surface area contributed by atoms with E-state index in [9.17, 15) is 0 Å². The molecule has 0 aliphatic carbocycles. The van der Waals surface area contributed by atoms with Gasteiger partial charge in [0.2, 0.25) is 0 Å². The molecule has 0 unspecified atom stereocenters. The lowest BCUT2D eigenvalue weighted by Crippen LogP contribution is -2.99. The average molecular weight is 843 g/mol. The number of rotatable bonds is 37. The monoisotopic (exact) mass is 859 g/mol. The second-order valence-corrected chi connectivity index (χ2v) is 21.9. The van der Waals surface area contributed by atoms with Gasteiger partial charge < -0.3 is 43.7 Å². The van der Waals surface area contributed by atoms with Crippen LogP contribution in [0.5, 0.6) is 0 Å². The van der Waals surface area contributed by atoms with Crippen molar-refractivity contribution in [2.45, 2.75) is 0 Å². The summed E-state index contributed by atoms with van der Waals surface area (Å²) in [4.78, 5) is 0. The Morgan fingerprint density at radius 3 is 0.231 bits per heavy atom. The van der Waals surface area contributed by atoms with Gasteiger partial charge in [-0.3, -0.25) is 0 Å². The minimum atomic E-state index is -1.89. The molecule has 0 atom stereocenters. The van der Waals surface area contributed by atoms with E-state index in [0.717, 1.165) is 0 Å². The smallest absolute Gasteiger partial charge is 0.000000000000000000119 e. The third-order valence-electron chi connectivity index (χ3n) is 16.4. The van der Waals surface area contributed by atoms with Crippen molar-refractivity contribution in [1.82, 2.24) is 0 Å². The molecule has 0 heterocycles. The zero-order chi connectivity index (χ0) is 61.9. The molecular weight excluding hydrogens is 843 g/mol. The highest BCUT2D eigenvalue weighted by atomic mass is 13.5. The molecule has 0 N–H and O–H groups in total. The van der Waals surface area contributed by atoms with Crippen LogP contribution in [0.15, 0.2) is 0 Å². The molecule has 78 heteroatoms. The molecule has 0 amide bonds. The van der Waals surface area contributed by atoms with E-state index in [1.807, 2.05) is 0 Å². The molecule has 0 aliphatic rings. The quantitative estimate of drug-likeness (QED) is 0.0547. The van der Waals surface area contributed by atoms with Crippen LogP contribution in [0.4, 0.5) is 0 Å². The summed E-state index contributed by atoms with van der Waals surface area (Å²) < 4.78 is 0. The molecule has 84 radical (unpaired) electrons. The van der Waals surface area contributed by atoms with E-state index in [0.29, 0.717) is 0 Å². The molecule has 0 aromatic heterocycles. The first-order valence-electron chi connectivity index (χ1n) is 25.7. The Kier molecular flexibility index (Phi) is 40.5. The fourth-order valence-electron chi connectivity index (χ4n) is 13.9. The molecule has 0 aromatic rings. The molecule has 0 aliphatic heterocycles. The number of hydrogen-bond donors (Lipinski definition) is 0. The molecule has 0 bridgehead atoms. The van der Waals surface area contributed by atoms with Gasteiger partial charge in [-0.2, -0.15) is 0 Å². The van der Waals surface area contributed by atoms with Crippen molar-refractivity contribution in [3.8, 4) is 0 Å². The summed E-state index contributed by atoms with van der Waals surface area (Å²) in [6.45, 7) is 0. The van der Waals surface area contributed by atoms with Crippen molar-refractivity contribution >= 4 is 552 Å². The van der Waals surface area contributed by atoms with E-state index in [2.05, 4.69) is 0 Å². The minimum absolute atomic E-state index is 1.57. The second-order valence-electron chi connectivity index (χ2n) is 21.9. The fraction of sp³-hybridized carbons (Fsp3) is 0. The Morgan fingerprint density at radius 1 is 0.103 bits per heavy atom. The van der Waals surface area contributed by atoms with Crippen molar-refractivity contribution in [2.24, 2.45) is 0 Å². The van der Waals surface area contributed by atoms with Crippen LogP contribution in [0, 0.1) is 0 Å². The maximum Gasteiger partial charge on any atom is -0.000000000000000000119 e. The lowest BCUT2D eigenvalue weighted by molar-refractivity contribution is 3.14. The summed E-state index contributed by atoms with van der Waals surface area (Å²) in [7, 11) is 274. The molecule has 0 aromatic carbocycles. The fourth-order valence-corrected chi connectivity index (χ4v) is 13.9. The van der Waals surface area contributed by atoms with Gasteiger partial charge in [-0.25, -0.2) is 0 Å². The topological polar surface area (TPSA) is 0 Å². The van der Waals surface area contributed by atoms with Crippen molar-refractivity contribution in [3.05, 3.63) is 0 Å². The summed E-state index contributed by atoms with van der Waals surface area (Å²) in [5, 5.41) is 0. The van der Waals surface area contributed by atoms with Gasteiger partial charge in [-0.05, 0) is 502 Å². The molecule has 0 rings (SSSR count). The number of hydrogen-bond acceptors (Lipinski definition) is 0. The van der Waals surface area contributed by atoms with Crippen LogP contribution in [-0.2, 0) is 0 Å². The van der Waals surface area contributed by atoms with E-state index in [1.165, 1.54) is 0 Å². The standard InChI is InChI=1S/B78/c1-41(2)61(42(3)4)71(62(43(5)6)44(7)8)76(72(63(45(9)10)46(11)12)64(47(13)14)48(15)16)78(75(69(57(33)34)58(35)36)70(59(37)38)60(39)40)77(73(65(49(17)18)50(19)20)66(51(21)22)52(23)24)74(67(53(25)26)54(27)28)68(55(29)30)56(31)32/q-4. The lowest BCUT2D eigenvalue weighted by Gasteiger charge is -2.67. The molecule has 78 heavy (non-hydrogen) atoms. The molecule has 0 nitrogen and oxygen atoms in total.